The minimum Gasteiger partial charge on any atom is -0.477 e. The van der Waals surface area contributed by atoms with Crippen LogP contribution in [0.25, 0.3) is 16.7 Å². The Bertz CT molecular complexity index is 1100. The van der Waals surface area contributed by atoms with E-state index in [0.717, 1.165) is 36.0 Å². The molecule has 0 unspecified atom stereocenters. The van der Waals surface area contributed by atoms with Crippen LogP contribution >= 0.6 is 0 Å². The van der Waals surface area contributed by atoms with Gasteiger partial charge >= 0.3 is 5.97 Å². The summed E-state index contributed by atoms with van der Waals surface area (Å²) in [5, 5.41) is 25.1. The van der Waals surface area contributed by atoms with Gasteiger partial charge in [-0.2, -0.15) is 5.10 Å². The molecule has 7 nitrogen and oxygen atoms in total. The van der Waals surface area contributed by atoms with E-state index in [1.807, 2.05) is 35.2 Å². The van der Waals surface area contributed by atoms with E-state index in [-0.39, 0.29) is 18.2 Å². The Kier molecular flexibility index (Phi) is 4.66. The molecule has 3 heterocycles. The van der Waals surface area contributed by atoms with E-state index < -0.39 is 18.2 Å². The maximum absolute atomic E-state index is 14.3. The molecule has 156 valence electrons. The van der Waals surface area contributed by atoms with Crippen LogP contribution in [0.15, 0.2) is 36.4 Å². The number of fused-ring (bicyclic) bond motifs is 1. The summed E-state index contributed by atoms with van der Waals surface area (Å²) in [7, 11) is 0. The molecule has 0 bridgehead atoms. The third kappa shape index (κ3) is 3.11. The number of hydrogen-bond donors (Lipinski definition) is 2. The largest absolute Gasteiger partial charge is 0.477 e. The van der Waals surface area contributed by atoms with E-state index in [9.17, 15) is 19.4 Å². The van der Waals surface area contributed by atoms with Gasteiger partial charge in [-0.1, -0.05) is 24.6 Å². The Morgan fingerprint density at radius 2 is 1.93 bits per heavy atom. The molecule has 1 saturated carbocycles. The number of pyridine rings is 1. The fourth-order valence-corrected chi connectivity index (χ4v) is 4.31. The highest BCUT2D eigenvalue weighted by Gasteiger charge is 2.33. The first-order valence-electron chi connectivity index (χ1n) is 10.3. The van der Waals surface area contributed by atoms with Crippen LogP contribution in [-0.2, 0) is 0 Å². The number of aliphatic hydroxyl groups excluding tert-OH is 1. The summed E-state index contributed by atoms with van der Waals surface area (Å²) >= 11 is 0. The minimum atomic E-state index is -1.38. The monoisotopic (exact) mass is 410 g/mol. The van der Waals surface area contributed by atoms with Gasteiger partial charge in [-0.05, 0) is 37.5 Å². The minimum absolute atomic E-state index is 0.0139. The molecule has 0 radical (unpaired) electrons. The summed E-state index contributed by atoms with van der Waals surface area (Å²) in [4.78, 5) is 18.1. The van der Waals surface area contributed by atoms with Crippen molar-refractivity contribution in [3.8, 4) is 5.69 Å². The van der Waals surface area contributed by atoms with Gasteiger partial charge < -0.3 is 15.1 Å². The number of carboxylic acid groups (broad SMARTS) is 1. The Balaban J connectivity index is 1.76. The van der Waals surface area contributed by atoms with Crippen molar-refractivity contribution in [2.75, 3.05) is 18.0 Å². The van der Waals surface area contributed by atoms with Gasteiger partial charge in [0.05, 0.1) is 35.1 Å². The zero-order valence-corrected chi connectivity index (χ0v) is 16.4. The molecular weight excluding hydrogens is 387 g/mol. The molecular formula is C22H23FN4O3. The Morgan fingerprint density at radius 3 is 2.57 bits per heavy atom. The number of nitrogens with zero attached hydrogens (tertiary/aromatic N) is 4. The van der Waals surface area contributed by atoms with E-state index >= 15 is 0 Å². The number of rotatable bonds is 4. The lowest BCUT2D eigenvalue weighted by Crippen LogP contribution is -2.44. The fourth-order valence-electron chi connectivity index (χ4n) is 4.31. The molecule has 2 N–H and O–H groups in total. The molecule has 2 atom stereocenters. The van der Waals surface area contributed by atoms with Crippen molar-refractivity contribution in [2.45, 2.75) is 43.9 Å². The number of para-hydroxylation sites is 1. The van der Waals surface area contributed by atoms with Crippen molar-refractivity contribution in [1.29, 1.82) is 0 Å². The lowest BCUT2D eigenvalue weighted by molar-refractivity contribution is 0.0615. The van der Waals surface area contributed by atoms with Crippen molar-refractivity contribution in [1.82, 2.24) is 14.8 Å². The van der Waals surface area contributed by atoms with Crippen LogP contribution in [0.3, 0.4) is 0 Å². The van der Waals surface area contributed by atoms with Crippen LogP contribution < -0.4 is 4.90 Å². The van der Waals surface area contributed by atoms with E-state index in [1.54, 1.807) is 4.68 Å². The van der Waals surface area contributed by atoms with Gasteiger partial charge in [0.1, 0.15) is 6.17 Å². The summed E-state index contributed by atoms with van der Waals surface area (Å²) in [6, 6.07) is 11.0. The fraction of sp³-hybridized carbons (Fsp3) is 0.409. The van der Waals surface area contributed by atoms with Gasteiger partial charge in [0.25, 0.3) is 0 Å². The quantitative estimate of drug-likeness (QED) is 0.686. The van der Waals surface area contributed by atoms with Crippen LogP contribution in [0.4, 0.5) is 10.1 Å². The summed E-state index contributed by atoms with van der Waals surface area (Å²) in [6.07, 6.45) is 1.08. The molecule has 2 fully saturated rings. The first-order valence-corrected chi connectivity index (χ1v) is 10.3. The van der Waals surface area contributed by atoms with Crippen molar-refractivity contribution >= 4 is 22.7 Å². The van der Waals surface area contributed by atoms with E-state index in [0.29, 0.717) is 24.3 Å². The number of halogens is 1. The van der Waals surface area contributed by atoms with Crippen LogP contribution in [-0.4, -0.2) is 56.3 Å². The van der Waals surface area contributed by atoms with Crippen LogP contribution in [0.2, 0.25) is 0 Å². The van der Waals surface area contributed by atoms with Gasteiger partial charge in [-0.15, -0.1) is 0 Å². The van der Waals surface area contributed by atoms with Crippen LogP contribution in [0, 0.1) is 0 Å². The Labute approximate surface area is 172 Å². The van der Waals surface area contributed by atoms with Gasteiger partial charge in [0.2, 0.25) is 0 Å². The molecule has 0 spiro atoms. The standard InChI is InChI=1S/C22H23FN4O3/c23-15-12-26(10-9-18(15)28)17-11-16(22(29)30)24-21-19(17)20(13-5-4-6-13)25-27(21)14-7-2-1-3-8-14/h1-3,7-8,11,13,15,18,28H,4-6,9-10,12H2,(H,29,30)/t15-,18+/m1/s1. The summed E-state index contributed by atoms with van der Waals surface area (Å²) in [5.74, 6) is -0.858. The maximum Gasteiger partial charge on any atom is 0.354 e. The third-order valence-electron chi connectivity index (χ3n) is 6.20. The maximum atomic E-state index is 14.3. The lowest BCUT2D eigenvalue weighted by Gasteiger charge is -2.34. The molecule has 2 aliphatic rings. The van der Waals surface area contributed by atoms with E-state index in [2.05, 4.69) is 4.98 Å². The number of aromatic nitrogens is 3. The highest BCUT2D eigenvalue weighted by molar-refractivity contribution is 5.98. The number of benzene rings is 1. The van der Waals surface area contributed by atoms with Crippen molar-refractivity contribution in [3.05, 3.63) is 47.8 Å². The number of carboxylic acids is 1. The van der Waals surface area contributed by atoms with Crippen molar-refractivity contribution in [2.24, 2.45) is 0 Å². The molecule has 1 aliphatic heterocycles. The SMILES string of the molecule is O=C(O)c1cc(N2CC[C@H](O)[C@H](F)C2)c2c(C3CCC3)nn(-c3ccccc3)c2n1. The second-order valence-corrected chi connectivity index (χ2v) is 8.11. The van der Waals surface area contributed by atoms with Gasteiger partial charge in [-0.3, -0.25) is 0 Å². The van der Waals surface area contributed by atoms with Crippen LogP contribution in [0.5, 0.6) is 0 Å². The Morgan fingerprint density at radius 1 is 1.17 bits per heavy atom. The highest BCUT2D eigenvalue weighted by Crippen LogP contribution is 2.43. The molecule has 0 amide bonds. The Hall–Kier alpha value is -3.00. The average molecular weight is 410 g/mol. The summed E-state index contributed by atoms with van der Waals surface area (Å²) < 4.78 is 16.0. The predicted octanol–water partition coefficient (Wildman–Crippen LogP) is 3.30. The second kappa shape index (κ2) is 7.36. The molecule has 8 heteroatoms. The molecule has 1 aliphatic carbocycles. The van der Waals surface area contributed by atoms with Crippen LogP contribution in [0.1, 0.15) is 47.8 Å². The zero-order valence-electron chi connectivity index (χ0n) is 16.4. The molecule has 1 aromatic carbocycles. The van der Waals surface area contributed by atoms with Crippen molar-refractivity contribution < 1.29 is 19.4 Å². The summed E-state index contributed by atoms with van der Waals surface area (Å²) in [5.41, 5.74) is 2.69. The van der Waals surface area contributed by atoms with Gasteiger partial charge in [0, 0.05) is 12.5 Å². The molecule has 30 heavy (non-hydrogen) atoms. The topological polar surface area (TPSA) is 91.5 Å². The predicted molar refractivity (Wildman–Crippen MR) is 110 cm³/mol. The molecule has 1 saturated heterocycles. The van der Waals surface area contributed by atoms with E-state index in [1.165, 1.54) is 6.07 Å². The smallest absolute Gasteiger partial charge is 0.354 e. The number of anilines is 1. The highest BCUT2D eigenvalue weighted by atomic mass is 19.1. The zero-order chi connectivity index (χ0) is 20.8. The first-order chi connectivity index (χ1) is 14.5. The first kappa shape index (κ1) is 19.0. The molecule has 3 aromatic rings. The number of piperidine rings is 1. The number of aromatic carboxylic acids is 1. The number of alkyl halides is 1. The van der Waals surface area contributed by atoms with Gasteiger partial charge in [0.15, 0.2) is 11.3 Å². The molecule has 5 rings (SSSR count). The average Bonchev–Trinajstić information content (AvgIpc) is 3.08. The van der Waals surface area contributed by atoms with Crippen molar-refractivity contribution in [3.63, 3.8) is 0 Å². The normalized spacial score (nSPS) is 22.3. The molecule has 2 aromatic heterocycles. The lowest BCUT2D eigenvalue weighted by atomic mass is 9.82. The van der Waals surface area contributed by atoms with E-state index in [4.69, 9.17) is 5.10 Å². The number of hydrogen-bond acceptors (Lipinski definition) is 5. The number of carbonyl (C=O) groups is 1. The van der Waals surface area contributed by atoms with Gasteiger partial charge in [-0.25, -0.2) is 18.9 Å². The number of aliphatic hydroxyl groups is 1. The third-order valence-corrected chi connectivity index (χ3v) is 6.20. The second-order valence-electron chi connectivity index (χ2n) is 8.11. The summed E-state index contributed by atoms with van der Waals surface area (Å²) in [6.45, 7) is 0.459.